The molecule has 1 aliphatic carbocycles. The summed E-state index contributed by atoms with van der Waals surface area (Å²) in [4.78, 5) is 12.5. The molecule has 1 N–H and O–H groups in total. The Kier molecular flexibility index (Phi) is 7.20. The van der Waals surface area contributed by atoms with Crippen molar-refractivity contribution < 1.29 is 19.0 Å². The van der Waals surface area contributed by atoms with Crippen molar-refractivity contribution in [2.45, 2.75) is 25.0 Å². The molecule has 8 heteroatoms. The first-order valence-electron chi connectivity index (χ1n) is 11.5. The maximum atomic E-state index is 12.5. The molecule has 0 bridgehead atoms. The number of hydrogen-bond acceptors (Lipinski definition) is 5. The molecule has 1 aliphatic heterocycles. The van der Waals surface area contributed by atoms with E-state index in [0.717, 1.165) is 33.3 Å². The number of methoxy groups -OCH3 is 2. The molecule has 1 heterocycles. The van der Waals surface area contributed by atoms with Crippen LogP contribution in [-0.4, -0.2) is 20.2 Å². The summed E-state index contributed by atoms with van der Waals surface area (Å²) >= 11 is 16.6. The molecule has 0 fully saturated rings. The Morgan fingerprint density at radius 1 is 1.11 bits per heavy atom. The van der Waals surface area contributed by atoms with Crippen LogP contribution >= 0.6 is 39.1 Å². The Bertz CT molecular complexity index is 1360. The summed E-state index contributed by atoms with van der Waals surface area (Å²) in [6, 6.07) is 15.0. The predicted octanol–water partition coefficient (Wildman–Crippen LogP) is 7.96. The Hall–Kier alpha value is -2.67. The number of hydrogen-bond donors (Lipinski definition) is 1. The Morgan fingerprint density at radius 3 is 2.67 bits per heavy atom. The average Bonchev–Trinajstić information content (AvgIpc) is 3.38. The van der Waals surface area contributed by atoms with Gasteiger partial charge in [0.1, 0.15) is 6.61 Å². The summed E-state index contributed by atoms with van der Waals surface area (Å²) in [5.74, 6) is 1.05. The van der Waals surface area contributed by atoms with E-state index in [1.807, 2.05) is 36.4 Å². The molecular weight excluding hydrogens is 565 g/mol. The molecule has 5 nitrogen and oxygen atoms in total. The van der Waals surface area contributed by atoms with Crippen LogP contribution in [0.2, 0.25) is 10.0 Å². The number of fused-ring (bicyclic) bond motifs is 3. The first-order valence-corrected chi connectivity index (χ1v) is 13.0. The predicted molar refractivity (Wildman–Crippen MR) is 146 cm³/mol. The minimum absolute atomic E-state index is 0.0277. The highest BCUT2D eigenvalue weighted by atomic mass is 79.9. The fourth-order valence-electron chi connectivity index (χ4n) is 5.12. The number of nitrogens with one attached hydrogen (secondary N) is 1. The molecule has 3 aromatic rings. The minimum atomic E-state index is -0.369. The van der Waals surface area contributed by atoms with Gasteiger partial charge in [0.2, 0.25) is 0 Å². The number of anilines is 1. The van der Waals surface area contributed by atoms with Crippen LogP contribution in [0.15, 0.2) is 65.2 Å². The van der Waals surface area contributed by atoms with E-state index in [4.69, 9.17) is 37.4 Å². The van der Waals surface area contributed by atoms with E-state index < -0.39 is 0 Å². The first-order chi connectivity index (χ1) is 17.4. The molecule has 186 valence electrons. The molecule has 0 saturated carbocycles. The second kappa shape index (κ2) is 10.4. The Balaban J connectivity index is 1.51. The number of carbonyl (C=O) groups excluding carboxylic acids is 1. The van der Waals surface area contributed by atoms with Gasteiger partial charge < -0.3 is 19.5 Å². The number of benzene rings is 3. The second-order valence-corrected chi connectivity index (χ2v) is 10.4. The van der Waals surface area contributed by atoms with Crippen LogP contribution in [0.25, 0.3) is 0 Å². The van der Waals surface area contributed by atoms with E-state index in [1.54, 1.807) is 19.2 Å². The number of carbonyl (C=O) groups is 1. The standard InChI is InChI=1S/C28H24BrCl2NO4/c1-34-23-13-16(12-20(29)27(23)36-14-15-6-3-4-9-21(15)30)25-18-8-5-7-17(18)24-19(28(33)35-2)10-11-22(31)26(24)32-25/h3-7,9-13,17-18,25,32H,8,14H2,1-2H3/t17-,18+,25-/m1/s1. The lowest BCUT2D eigenvalue weighted by molar-refractivity contribution is 0.0598. The molecule has 0 radical (unpaired) electrons. The molecule has 0 amide bonds. The van der Waals surface area contributed by atoms with Gasteiger partial charge in [0.15, 0.2) is 11.5 Å². The highest BCUT2D eigenvalue weighted by Gasteiger charge is 2.41. The van der Waals surface area contributed by atoms with Gasteiger partial charge in [-0.25, -0.2) is 4.79 Å². The topological polar surface area (TPSA) is 56.8 Å². The van der Waals surface area contributed by atoms with Crippen LogP contribution in [0, 0.1) is 5.92 Å². The van der Waals surface area contributed by atoms with E-state index in [9.17, 15) is 4.79 Å². The van der Waals surface area contributed by atoms with E-state index in [0.29, 0.717) is 33.7 Å². The zero-order valence-corrected chi connectivity index (χ0v) is 22.8. The average molecular weight is 589 g/mol. The van der Waals surface area contributed by atoms with Gasteiger partial charge in [-0.3, -0.25) is 0 Å². The second-order valence-electron chi connectivity index (χ2n) is 8.76. The molecule has 0 saturated heterocycles. The van der Waals surface area contributed by atoms with Crippen LogP contribution in [0.1, 0.15) is 45.4 Å². The van der Waals surface area contributed by atoms with Crippen molar-refractivity contribution in [3.8, 4) is 11.5 Å². The van der Waals surface area contributed by atoms with Crippen molar-refractivity contribution in [3.05, 3.63) is 97.5 Å². The third-order valence-corrected chi connectivity index (χ3v) is 8.09. The maximum Gasteiger partial charge on any atom is 0.338 e. The van der Waals surface area contributed by atoms with Gasteiger partial charge in [0.05, 0.1) is 41.0 Å². The van der Waals surface area contributed by atoms with Crippen molar-refractivity contribution in [1.29, 1.82) is 0 Å². The summed E-state index contributed by atoms with van der Waals surface area (Å²) in [7, 11) is 3.01. The largest absolute Gasteiger partial charge is 0.493 e. The van der Waals surface area contributed by atoms with E-state index in [2.05, 4.69) is 33.4 Å². The third kappa shape index (κ3) is 4.47. The minimum Gasteiger partial charge on any atom is -0.493 e. The third-order valence-electron chi connectivity index (χ3n) is 6.81. The van der Waals surface area contributed by atoms with E-state index in [1.165, 1.54) is 7.11 Å². The number of esters is 1. The van der Waals surface area contributed by atoms with Gasteiger partial charge in [-0.2, -0.15) is 0 Å². The fraction of sp³-hybridized carbons (Fsp3) is 0.250. The van der Waals surface area contributed by atoms with Gasteiger partial charge in [0.25, 0.3) is 0 Å². The van der Waals surface area contributed by atoms with Gasteiger partial charge >= 0.3 is 5.97 Å². The summed E-state index contributed by atoms with van der Waals surface area (Å²) in [5, 5.41) is 4.83. The fourth-order valence-corrected chi connectivity index (χ4v) is 6.10. The van der Waals surface area contributed by atoms with Crippen LogP contribution in [0.3, 0.4) is 0 Å². The van der Waals surface area contributed by atoms with Crippen molar-refractivity contribution in [1.82, 2.24) is 0 Å². The highest BCUT2D eigenvalue weighted by Crippen LogP contribution is 2.54. The van der Waals surface area contributed by atoms with Crippen molar-refractivity contribution in [2.75, 3.05) is 19.5 Å². The monoisotopic (exact) mass is 587 g/mol. The van der Waals surface area contributed by atoms with Crippen molar-refractivity contribution in [3.63, 3.8) is 0 Å². The zero-order chi connectivity index (χ0) is 25.4. The normalized spacial score (nSPS) is 19.8. The van der Waals surface area contributed by atoms with Gasteiger partial charge in [0, 0.05) is 16.5 Å². The number of ether oxygens (including phenoxy) is 3. The summed E-state index contributed by atoms with van der Waals surface area (Å²) in [5.41, 5.74) is 4.08. The van der Waals surface area contributed by atoms with E-state index in [-0.39, 0.29) is 23.8 Å². The van der Waals surface area contributed by atoms with Crippen LogP contribution in [-0.2, 0) is 11.3 Å². The Labute approximate surface area is 228 Å². The molecule has 0 aromatic heterocycles. The summed E-state index contributed by atoms with van der Waals surface area (Å²) in [6.07, 6.45) is 5.18. The zero-order valence-electron chi connectivity index (χ0n) is 19.7. The molecule has 0 unspecified atom stereocenters. The molecule has 5 rings (SSSR count). The molecule has 0 spiro atoms. The summed E-state index contributed by atoms with van der Waals surface area (Å²) in [6.45, 7) is 0.309. The lowest BCUT2D eigenvalue weighted by Crippen LogP contribution is -2.31. The lowest BCUT2D eigenvalue weighted by Gasteiger charge is -2.39. The Morgan fingerprint density at radius 2 is 1.92 bits per heavy atom. The smallest absolute Gasteiger partial charge is 0.338 e. The molecule has 36 heavy (non-hydrogen) atoms. The van der Waals surface area contributed by atoms with Gasteiger partial charge in [-0.05, 0) is 69.7 Å². The molecule has 2 aliphatic rings. The lowest BCUT2D eigenvalue weighted by atomic mass is 9.75. The molecular formula is C28H24BrCl2NO4. The van der Waals surface area contributed by atoms with Crippen molar-refractivity contribution in [2.24, 2.45) is 5.92 Å². The van der Waals surface area contributed by atoms with Crippen LogP contribution in [0.5, 0.6) is 11.5 Å². The van der Waals surface area contributed by atoms with E-state index >= 15 is 0 Å². The van der Waals surface area contributed by atoms with Gasteiger partial charge in [-0.1, -0.05) is 53.6 Å². The number of halogens is 3. The number of allylic oxidation sites excluding steroid dienone is 2. The molecule has 3 aromatic carbocycles. The highest BCUT2D eigenvalue weighted by molar-refractivity contribution is 9.10. The quantitative estimate of drug-likeness (QED) is 0.234. The number of rotatable bonds is 6. The van der Waals surface area contributed by atoms with Crippen molar-refractivity contribution >= 4 is 50.8 Å². The summed E-state index contributed by atoms with van der Waals surface area (Å²) < 4.78 is 17.7. The maximum absolute atomic E-state index is 12.5. The SMILES string of the molecule is COC(=O)c1ccc(Cl)c2c1[C@@H]1C=CC[C@@H]1[C@@H](c1cc(Br)c(OCc3ccccc3Cl)c(OC)c1)N2. The molecule has 3 atom stereocenters. The van der Waals surface area contributed by atoms with Crippen LogP contribution in [0.4, 0.5) is 5.69 Å². The van der Waals surface area contributed by atoms with Gasteiger partial charge in [-0.15, -0.1) is 0 Å². The van der Waals surface area contributed by atoms with Crippen LogP contribution < -0.4 is 14.8 Å². The first kappa shape index (κ1) is 25.0.